The van der Waals surface area contributed by atoms with Gasteiger partial charge in [-0.2, -0.15) is 5.10 Å². The maximum Gasteiger partial charge on any atom is 0.0983 e. The van der Waals surface area contributed by atoms with Crippen LogP contribution in [0.1, 0.15) is 19.4 Å². The summed E-state index contributed by atoms with van der Waals surface area (Å²) in [6.45, 7) is 5.11. The van der Waals surface area contributed by atoms with Crippen molar-refractivity contribution in [1.82, 2.24) is 20.1 Å². The maximum absolute atomic E-state index is 4.50. The van der Waals surface area contributed by atoms with Crippen molar-refractivity contribution in [2.24, 2.45) is 7.05 Å². The lowest BCUT2D eigenvalue weighted by molar-refractivity contribution is 0.589. The second-order valence-corrected chi connectivity index (χ2v) is 4.45. The highest BCUT2D eigenvalue weighted by molar-refractivity contribution is 5.61. The van der Waals surface area contributed by atoms with E-state index >= 15 is 0 Å². The Kier molecular flexibility index (Phi) is 3.54. The van der Waals surface area contributed by atoms with Crippen molar-refractivity contribution in [2.45, 2.75) is 26.4 Å². The molecule has 4 heteroatoms. The van der Waals surface area contributed by atoms with Gasteiger partial charge in [-0.3, -0.25) is 9.67 Å². The quantitative estimate of drug-likeness (QED) is 0.873. The molecule has 0 fully saturated rings. The van der Waals surface area contributed by atoms with Crippen LogP contribution in [0.15, 0.2) is 30.7 Å². The predicted octanol–water partition coefficient (Wildman–Crippen LogP) is 1.98. The zero-order valence-corrected chi connectivity index (χ0v) is 10.5. The van der Waals surface area contributed by atoms with E-state index in [1.165, 1.54) is 5.56 Å². The van der Waals surface area contributed by atoms with Gasteiger partial charge in [-0.25, -0.2) is 0 Å². The van der Waals surface area contributed by atoms with Gasteiger partial charge in [0.15, 0.2) is 0 Å². The summed E-state index contributed by atoms with van der Waals surface area (Å²) < 4.78 is 1.85. The third-order valence-electron chi connectivity index (χ3n) is 2.54. The number of hydrogen-bond acceptors (Lipinski definition) is 3. The smallest absolute Gasteiger partial charge is 0.0983 e. The lowest BCUT2D eigenvalue weighted by Gasteiger charge is -2.07. The van der Waals surface area contributed by atoms with Gasteiger partial charge in [0, 0.05) is 49.4 Å². The Balaban J connectivity index is 2.28. The molecule has 0 saturated heterocycles. The third-order valence-corrected chi connectivity index (χ3v) is 2.54. The van der Waals surface area contributed by atoms with Crippen LogP contribution in [0.5, 0.6) is 0 Å². The molecule has 0 aliphatic rings. The number of aromatic nitrogens is 3. The molecule has 0 aliphatic heterocycles. The van der Waals surface area contributed by atoms with Crippen molar-refractivity contribution in [3.8, 4) is 11.3 Å². The van der Waals surface area contributed by atoms with E-state index in [1.807, 2.05) is 30.1 Å². The van der Waals surface area contributed by atoms with Gasteiger partial charge in [-0.1, -0.05) is 13.8 Å². The van der Waals surface area contributed by atoms with Crippen LogP contribution >= 0.6 is 0 Å². The van der Waals surface area contributed by atoms with E-state index in [1.54, 1.807) is 6.20 Å². The number of rotatable bonds is 4. The van der Waals surface area contributed by atoms with E-state index in [2.05, 4.69) is 35.4 Å². The molecule has 2 aromatic rings. The van der Waals surface area contributed by atoms with Crippen molar-refractivity contribution in [3.05, 3.63) is 36.3 Å². The first kappa shape index (κ1) is 11.8. The van der Waals surface area contributed by atoms with Gasteiger partial charge in [0.25, 0.3) is 0 Å². The van der Waals surface area contributed by atoms with Crippen LogP contribution in [0.4, 0.5) is 0 Å². The normalized spacial score (nSPS) is 11.1. The van der Waals surface area contributed by atoms with Crippen molar-refractivity contribution >= 4 is 0 Å². The molecule has 0 bridgehead atoms. The lowest BCUT2D eigenvalue weighted by atomic mass is 10.1. The summed E-state index contributed by atoms with van der Waals surface area (Å²) in [4.78, 5) is 4.14. The summed E-state index contributed by atoms with van der Waals surface area (Å²) in [5.74, 6) is 0. The highest BCUT2D eigenvalue weighted by Crippen LogP contribution is 2.20. The second kappa shape index (κ2) is 5.10. The van der Waals surface area contributed by atoms with E-state index in [0.29, 0.717) is 6.04 Å². The molecule has 0 amide bonds. The maximum atomic E-state index is 4.50. The molecular weight excluding hydrogens is 212 g/mol. The van der Waals surface area contributed by atoms with Gasteiger partial charge >= 0.3 is 0 Å². The Hall–Kier alpha value is -1.68. The van der Waals surface area contributed by atoms with Crippen LogP contribution in [-0.2, 0) is 13.6 Å². The van der Waals surface area contributed by atoms with Gasteiger partial charge in [0.2, 0.25) is 0 Å². The fourth-order valence-electron chi connectivity index (χ4n) is 1.73. The molecule has 2 rings (SSSR count). The van der Waals surface area contributed by atoms with Crippen LogP contribution < -0.4 is 5.32 Å². The SMILES string of the molecule is CC(C)NCc1cn(C)nc1-c1cccnc1. The minimum Gasteiger partial charge on any atom is -0.310 e. The lowest BCUT2D eigenvalue weighted by Crippen LogP contribution is -2.21. The molecule has 0 radical (unpaired) electrons. The largest absolute Gasteiger partial charge is 0.310 e. The number of nitrogens with zero attached hydrogens (tertiary/aromatic N) is 3. The van der Waals surface area contributed by atoms with Gasteiger partial charge in [-0.15, -0.1) is 0 Å². The minimum absolute atomic E-state index is 0.469. The number of hydrogen-bond donors (Lipinski definition) is 1. The summed E-state index contributed by atoms with van der Waals surface area (Å²) in [5, 5.41) is 7.91. The molecule has 17 heavy (non-hydrogen) atoms. The molecule has 0 atom stereocenters. The summed E-state index contributed by atoms with van der Waals surface area (Å²) in [6, 6.07) is 4.44. The van der Waals surface area contributed by atoms with Crippen LogP contribution in [0.3, 0.4) is 0 Å². The molecule has 0 aromatic carbocycles. The Morgan fingerprint density at radius 1 is 1.41 bits per heavy atom. The van der Waals surface area contributed by atoms with Gasteiger partial charge in [-0.05, 0) is 12.1 Å². The molecule has 2 heterocycles. The summed E-state index contributed by atoms with van der Waals surface area (Å²) >= 11 is 0. The molecule has 4 nitrogen and oxygen atoms in total. The van der Waals surface area contributed by atoms with Gasteiger partial charge in [0.1, 0.15) is 0 Å². The molecule has 2 aromatic heterocycles. The van der Waals surface area contributed by atoms with Crippen molar-refractivity contribution in [2.75, 3.05) is 0 Å². The molecular formula is C13H18N4. The number of nitrogens with one attached hydrogen (secondary N) is 1. The van der Waals surface area contributed by atoms with Crippen LogP contribution in [0.25, 0.3) is 11.3 Å². The zero-order chi connectivity index (χ0) is 12.3. The van der Waals surface area contributed by atoms with Gasteiger partial charge < -0.3 is 5.32 Å². The average molecular weight is 230 g/mol. The molecule has 0 aliphatic carbocycles. The minimum atomic E-state index is 0.469. The van der Waals surface area contributed by atoms with E-state index < -0.39 is 0 Å². The van der Waals surface area contributed by atoms with E-state index in [9.17, 15) is 0 Å². The molecule has 0 saturated carbocycles. The number of pyridine rings is 1. The van der Waals surface area contributed by atoms with E-state index in [-0.39, 0.29) is 0 Å². The third kappa shape index (κ3) is 2.91. The molecule has 1 N–H and O–H groups in total. The highest BCUT2D eigenvalue weighted by Gasteiger charge is 2.10. The monoisotopic (exact) mass is 230 g/mol. The zero-order valence-electron chi connectivity index (χ0n) is 10.5. The highest BCUT2D eigenvalue weighted by atomic mass is 15.3. The number of aryl methyl sites for hydroxylation is 1. The molecule has 90 valence electrons. The Morgan fingerprint density at radius 3 is 2.88 bits per heavy atom. The Bertz CT molecular complexity index is 473. The average Bonchev–Trinajstić information content (AvgIpc) is 2.69. The topological polar surface area (TPSA) is 42.7 Å². The van der Waals surface area contributed by atoms with Gasteiger partial charge in [0.05, 0.1) is 5.69 Å². The van der Waals surface area contributed by atoms with Crippen LogP contribution in [0, 0.1) is 0 Å². The second-order valence-electron chi connectivity index (χ2n) is 4.45. The Labute approximate surface area is 102 Å². The first-order valence-electron chi connectivity index (χ1n) is 5.83. The Morgan fingerprint density at radius 2 is 2.24 bits per heavy atom. The fourth-order valence-corrected chi connectivity index (χ4v) is 1.73. The van der Waals surface area contributed by atoms with Crippen molar-refractivity contribution < 1.29 is 0 Å². The van der Waals surface area contributed by atoms with Crippen molar-refractivity contribution in [1.29, 1.82) is 0 Å². The first-order valence-corrected chi connectivity index (χ1v) is 5.83. The van der Waals surface area contributed by atoms with Crippen molar-refractivity contribution in [3.63, 3.8) is 0 Å². The summed E-state index contributed by atoms with van der Waals surface area (Å²) in [6.07, 6.45) is 5.68. The van der Waals surface area contributed by atoms with Crippen LogP contribution in [0.2, 0.25) is 0 Å². The predicted molar refractivity (Wildman–Crippen MR) is 68.4 cm³/mol. The molecule has 0 unspecified atom stereocenters. The fraction of sp³-hybridized carbons (Fsp3) is 0.385. The standard InChI is InChI=1S/C13H18N4/c1-10(2)15-8-12-9-17(3)16-13(12)11-5-4-6-14-7-11/h4-7,9-10,15H,8H2,1-3H3. The van der Waals surface area contributed by atoms with E-state index in [0.717, 1.165) is 17.8 Å². The van der Waals surface area contributed by atoms with Crippen LogP contribution in [-0.4, -0.2) is 20.8 Å². The first-order chi connectivity index (χ1) is 8.16. The molecule has 0 spiro atoms. The van der Waals surface area contributed by atoms with E-state index in [4.69, 9.17) is 0 Å². The summed E-state index contributed by atoms with van der Waals surface area (Å²) in [5.41, 5.74) is 3.27. The summed E-state index contributed by atoms with van der Waals surface area (Å²) in [7, 11) is 1.94.